The minimum atomic E-state index is -0.591. The molecule has 2 aromatic carbocycles. The summed E-state index contributed by atoms with van der Waals surface area (Å²) in [4.78, 5) is 57.7. The number of amides is 4. The number of anilines is 1. The molecule has 6 rings (SSSR count). The quantitative estimate of drug-likeness (QED) is 0.543. The van der Waals surface area contributed by atoms with Crippen LogP contribution < -0.4 is 10.2 Å². The molecule has 216 valence electrons. The lowest BCUT2D eigenvalue weighted by Gasteiger charge is -2.39. The van der Waals surface area contributed by atoms with E-state index in [1.54, 1.807) is 4.90 Å². The maximum atomic E-state index is 13.0. The van der Waals surface area contributed by atoms with Gasteiger partial charge in [-0.25, -0.2) is 4.79 Å². The van der Waals surface area contributed by atoms with Crippen LogP contribution in [0.25, 0.3) is 0 Å². The number of carbonyl (C=O) groups excluding carboxylic acids is 4. The number of piperazine rings is 1. The summed E-state index contributed by atoms with van der Waals surface area (Å²) in [5, 5.41) is 2.36. The Balaban J connectivity index is 0.950. The Morgan fingerprint density at radius 1 is 0.902 bits per heavy atom. The summed E-state index contributed by atoms with van der Waals surface area (Å²) in [5.41, 5.74) is 3.68. The van der Waals surface area contributed by atoms with Crippen molar-refractivity contribution in [2.24, 2.45) is 5.92 Å². The van der Waals surface area contributed by atoms with E-state index in [0.717, 1.165) is 75.5 Å². The van der Waals surface area contributed by atoms with E-state index in [2.05, 4.69) is 21.2 Å². The molecule has 0 bridgehead atoms. The van der Waals surface area contributed by atoms with Crippen LogP contribution in [-0.4, -0.2) is 90.4 Å². The molecular formula is C31H37N5O5. The van der Waals surface area contributed by atoms with Crippen molar-refractivity contribution in [2.45, 2.75) is 44.9 Å². The molecule has 2 aromatic rings. The molecule has 3 fully saturated rings. The number of piperidine rings is 2. The summed E-state index contributed by atoms with van der Waals surface area (Å²) in [7, 11) is 0. The van der Waals surface area contributed by atoms with Gasteiger partial charge < -0.3 is 19.4 Å². The van der Waals surface area contributed by atoms with Crippen LogP contribution in [0.15, 0.2) is 48.5 Å². The van der Waals surface area contributed by atoms with Crippen molar-refractivity contribution in [1.29, 1.82) is 0 Å². The monoisotopic (exact) mass is 559 g/mol. The normalized spacial score (nSPS) is 22.1. The van der Waals surface area contributed by atoms with E-state index in [4.69, 9.17) is 4.74 Å². The predicted octanol–water partition coefficient (Wildman–Crippen LogP) is 2.62. The Kier molecular flexibility index (Phi) is 7.91. The number of ether oxygens (including phenoxy) is 1. The van der Waals surface area contributed by atoms with Gasteiger partial charge in [-0.05, 0) is 54.5 Å². The molecule has 0 radical (unpaired) electrons. The zero-order chi connectivity index (χ0) is 28.3. The van der Waals surface area contributed by atoms with E-state index >= 15 is 0 Å². The first kappa shape index (κ1) is 27.3. The van der Waals surface area contributed by atoms with E-state index in [9.17, 15) is 19.2 Å². The van der Waals surface area contributed by atoms with E-state index in [-0.39, 0.29) is 30.2 Å². The molecule has 4 aliphatic heterocycles. The van der Waals surface area contributed by atoms with Gasteiger partial charge >= 0.3 is 6.09 Å². The summed E-state index contributed by atoms with van der Waals surface area (Å²) >= 11 is 0. The number of rotatable bonds is 6. The second-order valence-electron chi connectivity index (χ2n) is 11.5. The van der Waals surface area contributed by atoms with Crippen LogP contribution in [0.2, 0.25) is 0 Å². The van der Waals surface area contributed by atoms with Gasteiger partial charge in [0, 0.05) is 70.0 Å². The van der Waals surface area contributed by atoms with Crippen LogP contribution in [0.4, 0.5) is 10.5 Å². The molecule has 1 N–H and O–H groups in total. The summed E-state index contributed by atoms with van der Waals surface area (Å²) in [6, 6.07) is 15.1. The van der Waals surface area contributed by atoms with Crippen molar-refractivity contribution in [1.82, 2.24) is 20.0 Å². The van der Waals surface area contributed by atoms with Crippen LogP contribution in [0.3, 0.4) is 0 Å². The minimum absolute atomic E-state index is 0.138. The third-order valence-corrected chi connectivity index (χ3v) is 8.84. The van der Waals surface area contributed by atoms with Gasteiger partial charge in [0.1, 0.15) is 12.6 Å². The Morgan fingerprint density at radius 2 is 1.66 bits per heavy atom. The van der Waals surface area contributed by atoms with Crippen LogP contribution in [0.1, 0.15) is 47.2 Å². The standard InChI is InChI=1S/C31H37N5O5/c37-28-9-8-27(29(38)32-28)36-20-24-18-25(6-7-26(24)30(36)39)34-16-14-33(15-17-34)19-22-10-12-35(13-11-22)31(40)41-21-23-4-2-1-3-5-23/h1-7,18,22,27H,8-17,19-21H2,(H,32,37,38)/t27-/m0/s1. The highest BCUT2D eigenvalue weighted by Crippen LogP contribution is 2.31. The topological polar surface area (TPSA) is 102 Å². The maximum absolute atomic E-state index is 13.0. The highest BCUT2D eigenvalue weighted by atomic mass is 16.6. The number of likely N-dealkylation sites (tertiary alicyclic amines) is 1. The first-order valence-electron chi connectivity index (χ1n) is 14.6. The van der Waals surface area contributed by atoms with Gasteiger partial charge in [0.25, 0.3) is 5.91 Å². The number of nitrogens with zero attached hydrogens (tertiary/aromatic N) is 4. The summed E-state index contributed by atoms with van der Waals surface area (Å²) < 4.78 is 5.51. The number of nitrogens with one attached hydrogen (secondary N) is 1. The lowest BCUT2D eigenvalue weighted by molar-refractivity contribution is -0.136. The van der Waals surface area contributed by atoms with Crippen LogP contribution >= 0.6 is 0 Å². The van der Waals surface area contributed by atoms with E-state index in [0.29, 0.717) is 31.1 Å². The fourth-order valence-corrected chi connectivity index (χ4v) is 6.42. The average Bonchev–Trinajstić information content (AvgIpc) is 3.32. The van der Waals surface area contributed by atoms with Gasteiger partial charge in [0.15, 0.2) is 0 Å². The zero-order valence-electron chi connectivity index (χ0n) is 23.3. The second-order valence-corrected chi connectivity index (χ2v) is 11.5. The van der Waals surface area contributed by atoms with E-state index in [1.807, 2.05) is 47.4 Å². The third-order valence-electron chi connectivity index (χ3n) is 8.84. The summed E-state index contributed by atoms with van der Waals surface area (Å²) in [6.45, 7) is 6.98. The number of carbonyl (C=O) groups is 4. The molecular weight excluding hydrogens is 522 g/mol. The van der Waals surface area contributed by atoms with Gasteiger partial charge in [0.2, 0.25) is 11.8 Å². The fraction of sp³-hybridized carbons (Fsp3) is 0.484. The van der Waals surface area contributed by atoms with E-state index in [1.165, 1.54) is 0 Å². The van der Waals surface area contributed by atoms with Gasteiger partial charge in [0.05, 0.1) is 0 Å². The first-order chi connectivity index (χ1) is 19.9. The Morgan fingerprint density at radius 3 is 2.39 bits per heavy atom. The molecule has 4 amide bonds. The van der Waals surface area contributed by atoms with E-state index < -0.39 is 6.04 Å². The molecule has 0 aliphatic carbocycles. The Bertz CT molecular complexity index is 1300. The minimum Gasteiger partial charge on any atom is -0.445 e. The van der Waals surface area contributed by atoms with Crippen molar-refractivity contribution in [2.75, 3.05) is 50.7 Å². The number of fused-ring (bicyclic) bond motifs is 1. The van der Waals surface area contributed by atoms with Crippen LogP contribution in [0, 0.1) is 5.92 Å². The van der Waals surface area contributed by atoms with Gasteiger partial charge in [-0.15, -0.1) is 0 Å². The van der Waals surface area contributed by atoms with Crippen molar-refractivity contribution < 1.29 is 23.9 Å². The van der Waals surface area contributed by atoms with Crippen molar-refractivity contribution in [3.05, 3.63) is 65.2 Å². The first-order valence-corrected chi connectivity index (χ1v) is 14.6. The lowest BCUT2D eigenvalue weighted by Crippen LogP contribution is -2.52. The molecule has 10 nitrogen and oxygen atoms in total. The van der Waals surface area contributed by atoms with Gasteiger partial charge in [-0.1, -0.05) is 30.3 Å². The highest BCUT2D eigenvalue weighted by molar-refractivity contribution is 6.05. The Hall–Kier alpha value is -3.92. The third kappa shape index (κ3) is 6.07. The largest absolute Gasteiger partial charge is 0.445 e. The molecule has 0 unspecified atom stereocenters. The number of hydrogen-bond acceptors (Lipinski definition) is 7. The van der Waals surface area contributed by atoms with Gasteiger partial charge in [-0.3, -0.25) is 24.6 Å². The number of imide groups is 1. The zero-order valence-corrected chi connectivity index (χ0v) is 23.3. The van der Waals surface area contributed by atoms with Crippen molar-refractivity contribution in [3.8, 4) is 0 Å². The second kappa shape index (κ2) is 11.9. The molecule has 0 saturated carbocycles. The molecule has 4 heterocycles. The number of benzene rings is 2. The number of hydrogen-bond donors (Lipinski definition) is 1. The molecule has 0 aromatic heterocycles. The lowest BCUT2D eigenvalue weighted by atomic mass is 9.96. The molecule has 3 saturated heterocycles. The molecule has 0 spiro atoms. The SMILES string of the molecule is O=C1CC[C@H](N2Cc3cc(N4CCN(CC5CCN(C(=O)OCc6ccccc6)CC5)CC4)ccc3C2=O)C(=O)N1. The smallest absolute Gasteiger partial charge is 0.410 e. The molecule has 41 heavy (non-hydrogen) atoms. The molecule has 10 heteroatoms. The highest BCUT2D eigenvalue weighted by Gasteiger charge is 2.39. The van der Waals surface area contributed by atoms with Gasteiger partial charge in [-0.2, -0.15) is 0 Å². The van der Waals surface area contributed by atoms with Crippen molar-refractivity contribution >= 4 is 29.5 Å². The summed E-state index contributed by atoms with van der Waals surface area (Å²) in [5.74, 6) is -0.223. The van der Waals surface area contributed by atoms with Crippen LogP contribution in [0.5, 0.6) is 0 Å². The van der Waals surface area contributed by atoms with Crippen LogP contribution in [-0.2, 0) is 27.5 Å². The average molecular weight is 560 g/mol. The molecule has 1 atom stereocenters. The van der Waals surface area contributed by atoms with Crippen molar-refractivity contribution in [3.63, 3.8) is 0 Å². The predicted molar refractivity (Wildman–Crippen MR) is 152 cm³/mol. The summed E-state index contributed by atoms with van der Waals surface area (Å²) in [6.07, 6.45) is 2.38. The molecule has 4 aliphatic rings. The fourth-order valence-electron chi connectivity index (χ4n) is 6.42. The Labute approximate surface area is 240 Å². The maximum Gasteiger partial charge on any atom is 0.410 e.